The molecule has 4 N–H and O–H groups in total. The molecule has 2 fully saturated rings. The molecule has 2 aliphatic heterocycles. The monoisotopic (exact) mass is 424 g/mol. The van der Waals surface area contributed by atoms with E-state index in [1.54, 1.807) is 0 Å². The third-order valence-electron chi connectivity index (χ3n) is 5.84. The van der Waals surface area contributed by atoms with Crippen LogP contribution in [-0.2, 0) is 11.2 Å². The van der Waals surface area contributed by atoms with Crippen molar-refractivity contribution >= 4 is 17.3 Å². The van der Waals surface area contributed by atoms with Crippen LogP contribution in [0.3, 0.4) is 0 Å². The van der Waals surface area contributed by atoms with E-state index in [2.05, 4.69) is 63.9 Å². The van der Waals surface area contributed by atoms with E-state index in [1.807, 2.05) is 30.0 Å². The molecule has 0 spiro atoms. The van der Waals surface area contributed by atoms with Crippen molar-refractivity contribution in [2.45, 2.75) is 32.5 Å². The highest BCUT2D eigenvalue weighted by atomic mass is 16.5. The Labute approximate surface area is 183 Å². The first-order chi connectivity index (χ1) is 15.2. The molecule has 2 unspecified atom stereocenters. The van der Waals surface area contributed by atoms with Gasteiger partial charge in [-0.2, -0.15) is 5.53 Å². The average molecular weight is 425 g/mol. The van der Waals surface area contributed by atoms with Crippen molar-refractivity contribution < 1.29 is 9.53 Å². The van der Waals surface area contributed by atoms with Crippen molar-refractivity contribution in [1.29, 1.82) is 0 Å². The Kier molecular flexibility index (Phi) is 6.91. The number of para-hydroxylation sites is 2. The standard InChI is InChI=1S/C23H32N6O2/c1-3-17-9-11-18(12-10-17)24-22-21(25-27-26-22)23(30)29-15-13-28(14-16-29)19-7-5-6-8-20(19)31-4-2/h5-12,21-22,24-27H,3-4,13-16H2,1-2H3. The second-order valence-electron chi connectivity index (χ2n) is 7.78. The summed E-state index contributed by atoms with van der Waals surface area (Å²) in [5.74, 6) is 0.979. The molecule has 0 radical (unpaired) electrons. The van der Waals surface area contributed by atoms with Crippen LogP contribution in [0, 0.1) is 0 Å². The molecule has 2 heterocycles. The molecule has 1 amide bonds. The van der Waals surface area contributed by atoms with Gasteiger partial charge in [-0.05, 0) is 43.2 Å². The number of carbonyl (C=O) groups is 1. The number of nitrogens with zero attached hydrogens (tertiary/aromatic N) is 2. The van der Waals surface area contributed by atoms with Gasteiger partial charge in [0.2, 0.25) is 5.91 Å². The maximum Gasteiger partial charge on any atom is 0.244 e. The van der Waals surface area contributed by atoms with Crippen molar-refractivity contribution in [1.82, 2.24) is 21.3 Å². The minimum atomic E-state index is -0.395. The lowest BCUT2D eigenvalue weighted by atomic mass is 10.1. The number of rotatable bonds is 7. The number of piperazine rings is 1. The summed E-state index contributed by atoms with van der Waals surface area (Å²) in [7, 11) is 0. The van der Waals surface area contributed by atoms with Gasteiger partial charge in [-0.1, -0.05) is 31.2 Å². The van der Waals surface area contributed by atoms with Gasteiger partial charge in [0.1, 0.15) is 18.0 Å². The van der Waals surface area contributed by atoms with Gasteiger partial charge in [0.25, 0.3) is 0 Å². The van der Waals surface area contributed by atoms with E-state index in [4.69, 9.17) is 4.74 Å². The zero-order valence-electron chi connectivity index (χ0n) is 18.2. The van der Waals surface area contributed by atoms with E-state index in [-0.39, 0.29) is 12.1 Å². The molecule has 0 saturated carbocycles. The largest absolute Gasteiger partial charge is 0.492 e. The highest BCUT2D eigenvalue weighted by Gasteiger charge is 2.36. The molecule has 2 atom stereocenters. The van der Waals surface area contributed by atoms with Crippen LogP contribution in [-0.4, -0.2) is 55.8 Å². The minimum absolute atomic E-state index is 0.0814. The minimum Gasteiger partial charge on any atom is -0.492 e. The number of carbonyl (C=O) groups excluding carboxylic acids is 1. The van der Waals surface area contributed by atoms with Crippen LogP contribution >= 0.6 is 0 Å². The van der Waals surface area contributed by atoms with E-state index in [1.165, 1.54) is 5.56 Å². The number of amides is 1. The molecule has 8 heteroatoms. The maximum atomic E-state index is 13.2. The molecule has 0 aromatic heterocycles. The van der Waals surface area contributed by atoms with Crippen LogP contribution in [0.25, 0.3) is 0 Å². The van der Waals surface area contributed by atoms with E-state index < -0.39 is 6.04 Å². The topological polar surface area (TPSA) is 80.9 Å². The Morgan fingerprint density at radius 2 is 1.77 bits per heavy atom. The summed E-state index contributed by atoms with van der Waals surface area (Å²) in [5, 5.41) is 3.41. The molecule has 4 rings (SSSR count). The fourth-order valence-electron chi connectivity index (χ4n) is 4.06. The summed E-state index contributed by atoms with van der Waals surface area (Å²) < 4.78 is 5.77. The second kappa shape index (κ2) is 10.00. The molecular weight excluding hydrogens is 392 g/mol. The van der Waals surface area contributed by atoms with Crippen molar-refractivity contribution in [2.75, 3.05) is 43.0 Å². The number of hydrogen-bond donors (Lipinski definition) is 4. The first-order valence-corrected chi connectivity index (χ1v) is 11.1. The van der Waals surface area contributed by atoms with E-state index in [0.717, 1.165) is 36.6 Å². The second-order valence-corrected chi connectivity index (χ2v) is 7.78. The summed E-state index contributed by atoms with van der Waals surface area (Å²) in [4.78, 5) is 17.4. The van der Waals surface area contributed by atoms with Gasteiger partial charge in [0.15, 0.2) is 0 Å². The van der Waals surface area contributed by atoms with Crippen LogP contribution in [0.2, 0.25) is 0 Å². The Morgan fingerprint density at radius 3 is 2.48 bits per heavy atom. The lowest BCUT2D eigenvalue weighted by Gasteiger charge is -2.38. The molecule has 0 bridgehead atoms. The summed E-state index contributed by atoms with van der Waals surface area (Å²) in [6, 6.07) is 16.0. The number of ether oxygens (including phenoxy) is 1. The summed E-state index contributed by atoms with van der Waals surface area (Å²) in [6.45, 7) is 7.68. The van der Waals surface area contributed by atoms with Crippen LogP contribution in [0.5, 0.6) is 5.75 Å². The Bertz CT molecular complexity index is 867. The molecule has 2 aromatic rings. The van der Waals surface area contributed by atoms with Gasteiger partial charge in [-0.3, -0.25) is 4.79 Å². The van der Waals surface area contributed by atoms with E-state index in [9.17, 15) is 4.79 Å². The molecule has 0 aliphatic carbocycles. The van der Waals surface area contributed by atoms with Crippen molar-refractivity contribution in [3.8, 4) is 5.75 Å². The fourth-order valence-corrected chi connectivity index (χ4v) is 4.06. The van der Waals surface area contributed by atoms with Crippen LogP contribution in [0.1, 0.15) is 19.4 Å². The lowest BCUT2D eigenvalue weighted by molar-refractivity contribution is -0.133. The predicted molar refractivity (Wildman–Crippen MR) is 123 cm³/mol. The van der Waals surface area contributed by atoms with Gasteiger partial charge in [-0.25, -0.2) is 10.9 Å². The highest BCUT2D eigenvalue weighted by molar-refractivity contribution is 5.83. The van der Waals surface area contributed by atoms with Crippen molar-refractivity contribution in [2.24, 2.45) is 0 Å². The summed E-state index contributed by atoms with van der Waals surface area (Å²) in [6.07, 6.45) is 0.768. The van der Waals surface area contributed by atoms with Crippen molar-refractivity contribution in [3.05, 3.63) is 54.1 Å². The van der Waals surface area contributed by atoms with Crippen molar-refractivity contribution in [3.63, 3.8) is 0 Å². The van der Waals surface area contributed by atoms with E-state index >= 15 is 0 Å². The number of hydrazine groups is 2. The predicted octanol–water partition coefficient (Wildman–Crippen LogP) is 1.72. The number of hydrogen-bond acceptors (Lipinski definition) is 7. The normalized spacial score (nSPS) is 21.2. The molecule has 2 saturated heterocycles. The third kappa shape index (κ3) is 4.92. The SMILES string of the molecule is CCOc1ccccc1N1CCN(C(=O)C2NNNC2Nc2ccc(CC)cc2)CC1. The molecule has 31 heavy (non-hydrogen) atoms. The average Bonchev–Trinajstić information content (AvgIpc) is 3.28. The molecule has 166 valence electrons. The highest BCUT2D eigenvalue weighted by Crippen LogP contribution is 2.29. The van der Waals surface area contributed by atoms with Gasteiger partial charge >= 0.3 is 0 Å². The third-order valence-corrected chi connectivity index (χ3v) is 5.84. The molecule has 8 nitrogen and oxygen atoms in total. The number of nitrogens with one attached hydrogen (secondary N) is 4. The maximum absolute atomic E-state index is 13.2. The molecule has 2 aromatic carbocycles. The molecular formula is C23H32N6O2. The lowest BCUT2D eigenvalue weighted by Crippen LogP contribution is -2.57. The van der Waals surface area contributed by atoms with Gasteiger partial charge in [-0.15, -0.1) is 0 Å². The van der Waals surface area contributed by atoms with E-state index in [0.29, 0.717) is 19.7 Å². The van der Waals surface area contributed by atoms with Crippen LogP contribution in [0.15, 0.2) is 48.5 Å². The van der Waals surface area contributed by atoms with Gasteiger partial charge in [0.05, 0.1) is 12.3 Å². The first kappa shape index (κ1) is 21.4. The Balaban J connectivity index is 1.35. The van der Waals surface area contributed by atoms with Crippen LogP contribution < -0.4 is 31.3 Å². The zero-order valence-corrected chi connectivity index (χ0v) is 18.2. The Morgan fingerprint density at radius 1 is 1.03 bits per heavy atom. The van der Waals surface area contributed by atoms with Crippen LogP contribution in [0.4, 0.5) is 11.4 Å². The fraction of sp³-hybridized carbons (Fsp3) is 0.435. The smallest absolute Gasteiger partial charge is 0.244 e. The number of anilines is 2. The zero-order chi connectivity index (χ0) is 21.6. The quantitative estimate of drug-likeness (QED) is 0.539. The Hall–Kier alpha value is -2.81. The summed E-state index contributed by atoms with van der Waals surface area (Å²) in [5.41, 5.74) is 12.4. The van der Waals surface area contributed by atoms with Gasteiger partial charge in [0, 0.05) is 31.9 Å². The summed E-state index contributed by atoms with van der Waals surface area (Å²) >= 11 is 0. The number of benzene rings is 2. The molecule has 2 aliphatic rings. The number of aryl methyl sites for hydroxylation is 1. The van der Waals surface area contributed by atoms with Gasteiger partial charge < -0.3 is 19.9 Å². The first-order valence-electron chi connectivity index (χ1n) is 11.1.